The average molecular weight is 253 g/mol. The second-order valence-electron chi connectivity index (χ2n) is 4.92. The lowest BCUT2D eigenvalue weighted by atomic mass is 10.1. The first-order chi connectivity index (χ1) is 8.76. The van der Waals surface area contributed by atoms with Gasteiger partial charge in [0.2, 0.25) is 11.7 Å². The van der Waals surface area contributed by atoms with Crippen LogP contribution in [0.2, 0.25) is 0 Å². The molecule has 2 N–H and O–H groups in total. The van der Waals surface area contributed by atoms with E-state index in [9.17, 15) is 0 Å². The predicted molar refractivity (Wildman–Crippen MR) is 68.1 cm³/mol. The first kappa shape index (κ1) is 13.5. The third-order valence-electron chi connectivity index (χ3n) is 3.55. The summed E-state index contributed by atoms with van der Waals surface area (Å²) in [6.45, 7) is 4.77. The zero-order valence-electron chi connectivity index (χ0n) is 11.3. The van der Waals surface area contributed by atoms with E-state index in [1.807, 2.05) is 6.92 Å². The molecule has 0 spiro atoms. The van der Waals surface area contributed by atoms with E-state index < -0.39 is 0 Å². The Kier molecular flexibility index (Phi) is 4.72. The second kappa shape index (κ2) is 6.29. The fraction of sp³-hybridized carbons (Fsp3) is 0.846. The van der Waals surface area contributed by atoms with Crippen LogP contribution in [-0.2, 0) is 4.74 Å². The number of ether oxygens (including phenoxy) is 1. The van der Waals surface area contributed by atoms with Crippen LogP contribution in [0, 0.1) is 0 Å². The molecule has 0 amide bonds. The van der Waals surface area contributed by atoms with Crippen LogP contribution < -0.4 is 5.73 Å². The molecule has 5 heteroatoms. The monoisotopic (exact) mass is 253 g/mol. The maximum Gasteiger partial charge on any atom is 0.231 e. The van der Waals surface area contributed by atoms with Gasteiger partial charge < -0.3 is 15.0 Å². The standard InChI is InChI=1S/C13H23N3O2/c1-3-6-11(17-4-2)12-15-13(18-16-12)9-7-5-8-10(9)14/h9-11H,3-8,14H2,1-2H3. The Morgan fingerprint density at radius 1 is 1.44 bits per heavy atom. The Morgan fingerprint density at radius 3 is 2.89 bits per heavy atom. The van der Waals surface area contributed by atoms with Gasteiger partial charge in [-0.3, -0.25) is 0 Å². The summed E-state index contributed by atoms with van der Waals surface area (Å²) in [4.78, 5) is 4.50. The minimum absolute atomic E-state index is 0.0462. The van der Waals surface area contributed by atoms with Crippen molar-refractivity contribution in [3.05, 3.63) is 11.7 Å². The molecule has 1 aliphatic rings. The molecule has 1 saturated carbocycles. The van der Waals surface area contributed by atoms with Gasteiger partial charge >= 0.3 is 0 Å². The highest BCUT2D eigenvalue weighted by Crippen LogP contribution is 2.33. The SMILES string of the molecule is CCCC(OCC)c1noc(C2CCCC2N)n1. The third-order valence-corrected chi connectivity index (χ3v) is 3.55. The van der Waals surface area contributed by atoms with Crippen molar-refractivity contribution >= 4 is 0 Å². The van der Waals surface area contributed by atoms with Crippen molar-refractivity contribution in [2.24, 2.45) is 5.73 Å². The molecule has 0 aliphatic heterocycles. The minimum Gasteiger partial charge on any atom is -0.370 e. The van der Waals surface area contributed by atoms with Crippen molar-refractivity contribution in [1.82, 2.24) is 10.1 Å². The Bertz CT molecular complexity index is 361. The quantitative estimate of drug-likeness (QED) is 0.843. The number of hydrogen-bond acceptors (Lipinski definition) is 5. The summed E-state index contributed by atoms with van der Waals surface area (Å²) >= 11 is 0. The summed E-state index contributed by atoms with van der Waals surface area (Å²) in [5, 5.41) is 4.07. The van der Waals surface area contributed by atoms with Gasteiger partial charge in [0.05, 0.1) is 5.92 Å². The highest BCUT2D eigenvalue weighted by Gasteiger charge is 2.31. The van der Waals surface area contributed by atoms with Crippen LogP contribution in [0.15, 0.2) is 4.52 Å². The number of nitrogens with two attached hydrogens (primary N) is 1. The van der Waals surface area contributed by atoms with E-state index in [0.29, 0.717) is 18.3 Å². The van der Waals surface area contributed by atoms with Gasteiger partial charge in [-0.05, 0) is 26.2 Å². The first-order valence-electron chi connectivity index (χ1n) is 6.96. The van der Waals surface area contributed by atoms with E-state index in [4.69, 9.17) is 15.0 Å². The molecule has 1 aromatic heterocycles. The van der Waals surface area contributed by atoms with Crippen LogP contribution in [0.25, 0.3) is 0 Å². The van der Waals surface area contributed by atoms with E-state index in [1.54, 1.807) is 0 Å². The maximum atomic E-state index is 6.05. The molecule has 1 heterocycles. The zero-order chi connectivity index (χ0) is 13.0. The molecule has 3 atom stereocenters. The molecule has 0 aromatic carbocycles. The van der Waals surface area contributed by atoms with Crippen LogP contribution in [-0.4, -0.2) is 22.8 Å². The highest BCUT2D eigenvalue weighted by molar-refractivity contribution is 5.03. The van der Waals surface area contributed by atoms with Crippen molar-refractivity contribution in [1.29, 1.82) is 0 Å². The summed E-state index contributed by atoms with van der Waals surface area (Å²) in [6.07, 6.45) is 5.16. The summed E-state index contributed by atoms with van der Waals surface area (Å²) in [6, 6.07) is 0.162. The number of rotatable bonds is 6. The van der Waals surface area contributed by atoms with Gasteiger partial charge in [-0.25, -0.2) is 0 Å². The Hall–Kier alpha value is -0.940. The van der Waals surface area contributed by atoms with Crippen LogP contribution >= 0.6 is 0 Å². The van der Waals surface area contributed by atoms with Gasteiger partial charge in [0.15, 0.2) is 0 Å². The molecule has 0 bridgehead atoms. The van der Waals surface area contributed by atoms with E-state index in [-0.39, 0.29) is 18.1 Å². The number of nitrogens with zero attached hydrogens (tertiary/aromatic N) is 2. The molecule has 1 aliphatic carbocycles. The fourth-order valence-electron chi connectivity index (χ4n) is 2.57. The van der Waals surface area contributed by atoms with Gasteiger partial charge in [-0.1, -0.05) is 24.9 Å². The number of hydrogen-bond donors (Lipinski definition) is 1. The lowest BCUT2D eigenvalue weighted by Crippen LogP contribution is -2.23. The Morgan fingerprint density at radius 2 is 2.28 bits per heavy atom. The zero-order valence-corrected chi connectivity index (χ0v) is 11.3. The van der Waals surface area contributed by atoms with Crippen molar-refractivity contribution < 1.29 is 9.26 Å². The minimum atomic E-state index is -0.0462. The van der Waals surface area contributed by atoms with E-state index >= 15 is 0 Å². The summed E-state index contributed by atoms with van der Waals surface area (Å²) in [7, 11) is 0. The average Bonchev–Trinajstić information content (AvgIpc) is 2.97. The molecule has 18 heavy (non-hydrogen) atoms. The van der Waals surface area contributed by atoms with Gasteiger partial charge in [0.1, 0.15) is 6.10 Å². The van der Waals surface area contributed by atoms with Gasteiger partial charge in [0.25, 0.3) is 0 Å². The van der Waals surface area contributed by atoms with Crippen molar-refractivity contribution in [3.63, 3.8) is 0 Å². The molecule has 3 unspecified atom stereocenters. The Labute approximate surface area is 108 Å². The molecule has 102 valence electrons. The van der Waals surface area contributed by atoms with E-state index in [2.05, 4.69) is 17.1 Å². The first-order valence-corrected chi connectivity index (χ1v) is 6.96. The van der Waals surface area contributed by atoms with E-state index in [0.717, 1.165) is 32.1 Å². The highest BCUT2D eigenvalue weighted by atomic mass is 16.5. The molecular formula is C13H23N3O2. The second-order valence-corrected chi connectivity index (χ2v) is 4.92. The normalized spacial score (nSPS) is 25.5. The molecular weight excluding hydrogens is 230 g/mol. The largest absolute Gasteiger partial charge is 0.370 e. The Balaban J connectivity index is 2.08. The smallest absolute Gasteiger partial charge is 0.231 e. The number of aromatic nitrogens is 2. The maximum absolute atomic E-state index is 6.05. The molecule has 1 aromatic rings. The summed E-state index contributed by atoms with van der Waals surface area (Å²) in [5.74, 6) is 1.60. The lowest BCUT2D eigenvalue weighted by molar-refractivity contribution is 0.0477. The van der Waals surface area contributed by atoms with Crippen LogP contribution in [0.1, 0.15) is 69.7 Å². The third kappa shape index (κ3) is 2.90. The lowest BCUT2D eigenvalue weighted by Gasteiger charge is -2.12. The topological polar surface area (TPSA) is 74.2 Å². The van der Waals surface area contributed by atoms with Crippen LogP contribution in [0.5, 0.6) is 0 Å². The van der Waals surface area contributed by atoms with Gasteiger partial charge in [-0.15, -0.1) is 0 Å². The fourth-order valence-corrected chi connectivity index (χ4v) is 2.57. The summed E-state index contributed by atoms with van der Waals surface area (Å²) < 4.78 is 11.0. The van der Waals surface area contributed by atoms with Crippen molar-refractivity contribution in [2.45, 2.75) is 64.0 Å². The summed E-state index contributed by atoms with van der Waals surface area (Å²) in [5.41, 5.74) is 6.05. The molecule has 0 saturated heterocycles. The van der Waals surface area contributed by atoms with Crippen molar-refractivity contribution in [2.75, 3.05) is 6.61 Å². The molecule has 2 rings (SSSR count). The van der Waals surface area contributed by atoms with Gasteiger partial charge in [-0.2, -0.15) is 4.98 Å². The van der Waals surface area contributed by atoms with Crippen molar-refractivity contribution in [3.8, 4) is 0 Å². The molecule has 0 radical (unpaired) electrons. The van der Waals surface area contributed by atoms with Gasteiger partial charge in [0, 0.05) is 12.6 Å². The van der Waals surface area contributed by atoms with Crippen LogP contribution in [0.3, 0.4) is 0 Å². The molecule has 1 fully saturated rings. The van der Waals surface area contributed by atoms with Crippen LogP contribution in [0.4, 0.5) is 0 Å². The van der Waals surface area contributed by atoms with E-state index in [1.165, 1.54) is 0 Å². The molecule has 5 nitrogen and oxygen atoms in total. The predicted octanol–water partition coefficient (Wildman–Crippen LogP) is 2.54.